The molecule has 1 rings (SSSR count). The molecule has 7 heavy (non-hydrogen) atoms. The predicted molar refractivity (Wildman–Crippen MR) is 30.6 cm³/mol. The van der Waals surface area contributed by atoms with E-state index in [0.717, 1.165) is 0 Å². The minimum absolute atomic E-state index is 1.17. The lowest BCUT2D eigenvalue weighted by Gasteiger charge is -1.94. The summed E-state index contributed by atoms with van der Waals surface area (Å²) in [6.45, 7) is 4.46. The average Bonchev–Trinajstić information content (AvgIpc) is 2.44. The van der Waals surface area contributed by atoms with Crippen molar-refractivity contribution in [3.63, 3.8) is 0 Å². The van der Waals surface area contributed by atoms with Gasteiger partial charge in [0.2, 0.25) is 0 Å². The summed E-state index contributed by atoms with van der Waals surface area (Å²) in [6.07, 6.45) is 0. The SMILES string of the molecule is C/N=C(\C)N1CC1. The van der Waals surface area contributed by atoms with Crippen LogP contribution in [0.5, 0.6) is 0 Å². The highest BCUT2D eigenvalue weighted by Crippen LogP contribution is 2.02. The standard InChI is InChI=1S/C5H10N2/c1-5(6-2)7-3-4-7/h3-4H2,1-2H3/b6-5+. The Bertz CT molecular complexity index is 92.3. The fraction of sp³-hybridized carbons (Fsp3) is 0.800. The van der Waals surface area contributed by atoms with Crippen molar-refractivity contribution in [1.82, 2.24) is 4.90 Å². The van der Waals surface area contributed by atoms with E-state index < -0.39 is 0 Å². The molecule has 2 nitrogen and oxygen atoms in total. The maximum Gasteiger partial charge on any atom is 0.0955 e. The summed E-state index contributed by atoms with van der Waals surface area (Å²) in [4.78, 5) is 6.22. The van der Waals surface area contributed by atoms with E-state index in [-0.39, 0.29) is 0 Å². The van der Waals surface area contributed by atoms with Crippen LogP contribution < -0.4 is 0 Å². The Morgan fingerprint density at radius 1 is 1.57 bits per heavy atom. The third-order valence-electron chi connectivity index (χ3n) is 1.23. The third kappa shape index (κ3) is 0.918. The van der Waals surface area contributed by atoms with Gasteiger partial charge in [0, 0.05) is 20.1 Å². The lowest BCUT2D eigenvalue weighted by atomic mass is 10.7. The van der Waals surface area contributed by atoms with E-state index in [1.54, 1.807) is 0 Å². The number of nitrogens with zero attached hydrogens (tertiary/aromatic N) is 2. The molecule has 0 atom stereocenters. The van der Waals surface area contributed by atoms with Crippen LogP contribution in [-0.2, 0) is 0 Å². The van der Waals surface area contributed by atoms with Gasteiger partial charge in [-0.1, -0.05) is 0 Å². The summed E-state index contributed by atoms with van der Waals surface area (Å²) in [5.41, 5.74) is 0. The molecule has 0 unspecified atom stereocenters. The smallest absolute Gasteiger partial charge is 0.0955 e. The van der Waals surface area contributed by atoms with E-state index in [4.69, 9.17) is 0 Å². The zero-order valence-corrected chi connectivity index (χ0v) is 4.81. The van der Waals surface area contributed by atoms with E-state index in [0.29, 0.717) is 0 Å². The van der Waals surface area contributed by atoms with E-state index in [1.807, 2.05) is 14.0 Å². The van der Waals surface area contributed by atoms with E-state index in [2.05, 4.69) is 9.89 Å². The first-order valence-electron chi connectivity index (χ1n) is 2.53. The Morgan fingerprint density at radius 3 is 2.29 bits per heavy atom. The van der Waals surface area contributed by atoms with Crippen molar-refractivity contribution >= 4 is 5.84 Å². The highest BCUT2D eigenvalue weighted by molar-refractivity contribution is 5.81. The quantitative estimate of drug-likeness (QED) is 0.242. The van der Waals surface area contributed by atoms with Gasteiger partial charge in [0.05, 0.1) is 5.84 Å². The molecule has 0 amide bonds. The minimum atomic E-state index is 1.17. The molecule has 0 aliphatic carbocycles. The van der Waals surface area contributed by atoms with Gasteiger partial charge in [-0.05, 0) is 6.92 Å². The Kier molecular flexibility index (Phi) is 1.01. The second kappa shape index (κ2) is 1.52. The second-order valence-corrected chi connectivity index (χ2v) is 1.76. The lowest BCUT2D eigenvalue weighted by molar-refractivity contribution is 0.833. The van der Waals surface area contributed by atoms with Crippen LogP contribution in [0, 0.1) is 0 Å². The molecule has 0 N–H and O–H groups in total. The molecule has 0 spiro atoms. The van der Waals surface area contributed by atoms with E-state index >= 15 is 0 Å². The van der Waals surface area contributed by atoms with Crippen LogP contribution in [0.4, 0.5) is 0 Å². The number of aliphatic imine (C=N–C) groups is 1. The monoisotopic (exact) mass is 98.1 g/mol. The van der Waals surface area contributed by atoms with Crippen molar-refractivity contribution in [1.29, 1.82) is 0 Å². The van der Waals surface area contributed by atoms with Crippen molar-refractivity contribution in [3.05, 3.63) is 0 Å². The van der Waals surface area contributed by atoms with Gasteiger partial charge in [-0.3, -0.25) is 4.99 Å². The molecule has 1 heterocycles. The molecule has 1 aliphatic heterocycles. The van der Waals surface area contributed by atoms with Gasteiger partial charge in [-0.15, -0.1) is 0 Å². The van der Waals surface area contributed by atoms with Gasteiger partial charge in [-0.25, -0.2) is 0 Å². The van der Waals surface area contributed by atoms with E-state index in [9.17, 15) is 0 Å². The van der Waals surface area contributed by atoms with Gasteiger partial charge in [0.15, 0.2) is 0 Å². The molecule has 1 aliphatic rings. The first kappa shape index (κ1) is 4.62. The number of rotatable bonds is 0. The number of amidine groups is 1. The van der Waals surface area contributed by atoms with Crippen molar-refractivity contribution in [3.8, 4) is 0 Å². The third-order valence-corrected chi connectivity index (χ3v) is 1.23. The van der Waals surface area contributed by atoms with Gasteiger partial charge in [-0.2, -0.15) is 0 Å². The Morgan fingerprint density at radius 2 is 2.14 bits per heavy atom. The first-order valence-corrected chi connectivity index (χ1v) is 2.53. The summed E-state index contributed by atoms with van der Waals surface area (Å²) >= 11 is 0. The average molecular weight is 98.1 g/mol. The Labute approximate surface area is 43.8 Å². The van der Waals surface area contributed by atoms with Crippen LogP contribution in [-0.4, -0.2) is 30.9 Å². The van der Waals surface area contributed by atoms with Crippen molar-refractivity contribution in [2.75, 3.05) is 20.1 Å². The zero-order chi connectivity index (χ0) is 5.28. The first-order chi connectivity index (χ1) is 3.34. The molecule has 0 aromatic carbocycles. The Balaban J connectivity index is 2.37. The fourth-order valence-corrected chi connectivity index (χ4v) is 0.515. The summed E-state index contributed by atoms with van der Waals surface area (Å²) in [6, 6.07) is 0. The second-order valence-electron chi connectivity index (χ2n) is 1.76. The van der Waals surface area contributed by atoms with Gasteiger partial charge >= 0.3 is 0 Å². The molecule has 1 saturated heterocycles. The molecule has 2 heteroatoms. The highest BCUT2D eigenvalue weighted by Gasteiger charge is 2.16. The molecule has 1 fully saturated rings. The zero-order valence-electron chi connectivity index (χ0n) is 4.81. The number of hydrogen-bond donors (Lipinski definition) is 0. The number of hydrogen-bond acceptors (Lipinski definition) is 1. The Hall–Kier alpha value is -0.530. The fourth-order valence-electron chi connectivity index (χ4n) is 0.515. The molecule has 0 aromatic heterocycles. The maximum atomic E-state index is 3.99. The predicted octanol–water partition coefficient (Wildman–Crippen LogP) is 0.350. The molecule has 0 aromatic rings. The molecular formula is C5H10N2. The van der Waals surface area contributed by atoms with E-state index in [1.165, 1.54) is 18.9 Å². The van der Waals surface area contributed by atoms with Gasteiger partial charge in [0.1, 0.15) is 0 Å². The van der Waals surface area contributed by atoms with Crippen molar-refractivity contribution < 1.29 is 0 Å². The normalized spacial score (nSPS) is 20.3. The van der Waals surface area contributed by atoms with Gasteiger partial charge in [0.25, 0.3) is 0 Å². The molecular weight excluding hydrogens is 88.1 g/mol. The van der Waals surface area contributed by atoms with Crippen LogP contribution in [0.15, 0.2) is 4.99 Å². The maximum absolute atomic E-state index is 3.99. The van der Waals surface area contributed by atoms with Gasteiger partial charge < -0.3 is 4.90 Å². The summed E-state index contributed by atoms with van der Waals surface area (Å²) in [5.74, 6) is 1.17. The van der Waals surface area contributed by atoms with Crippen LogP contribution >= 0.6 is 0 Å². The molecule has 0 saturated carbocycles. The van der Waals surface area contributed by atoms with Crippen LogP contribution in [0.2, 0.25) is 0 Å². The summed E-state index contributed by atoms with van der Waals surface area (Å²) in [5, 5.41) is 0. The van der Waals surface area contributed by atoms with Crippen LogP contribution in [0.1, 0.15) is 6.92 Å². The van der Waals surface area contributed by atoms with Crippen LogP contribution in [0.25, 0.3) is 0 Å². The summed E-state index contributed by atoms with van der Waals surface area (Å²) in [7, 11) is 1.83. The molecule has 0 radical (unpaired) electrons. The molecule has 40 valence electrons. The largest absolute Gasteiger partial charge is 0.357 e. The van der Waals surface area contributed by atoms with Crippen molar-refractivity contribution in [2.24, 2.45) is 4.99 Å². The van der Waals surface area contributed by atoms with Crippen LogP contribution in [0.3, 0.4) is 0 Å². The molecule has 0 bridgehead atoms. The van der Waals surface area contributed by atoms with Crippen molar-refractivity contribution in [2.45, 2.75) is 6.92 Å². The lowest BCUT2D eigenvalue weighted by Crippen LogP contribution is -2.03. The minimum Gasteiger partial charge on any atom is -0.357 e. The summed E-state index contributed by atoms with van der Waals surface area (Å²) < 4.78 is 0. The topological polar surface area (TPSA) is 15.4 Å². The highest BCUT2D eigenvalue weighted by atomic mass is 15.3.